The molecule has 0 bridgehead atoms. The van der Waals surface area contributed by atoms with Crippen LogP contribution in [0.15, 0.2) is 30.3 Å². The van der Waals surface area contributed by atoms with Crippen LogP contribution in [0.5, 0.6) is 0 Å². The summed E-state index contributed by atoms with van der Waals surface area (Å²) in [5.41, 5.74) is 6.41. The number of rotatable bonds is 7. The lowest BCUT2D eigenvalue weighted by Gasteiger charge is -2.26. The minimum Gasteiger partial charge on any atom is -0.376 e. The predicted molar refractivity (Wildman–Crippen MR) is 90.2 cm³/mol. The maximum Gasteiger partial charge on any atom is 0.219 e. The van der Waals surface area contributed by atoms with Crippen LogP contribution in [0.25, 0.3) is 0 Å². The molecule has 0 spiro atoms. The summed E-state index contributed by atoms with van der Waals surface area (Å²) in [6.07, 6.45) is 2.69. The number of benzene rings is 1. The number of carbonyl (C=O) groups is 1. The summed E-state index contributed by atoms with van der Waals surface area (Å²) in [7, 11) is 0. The van der Waals surface area contributed by atoms with Gasteiger partial charge < -0.3 is 20.7 Å². The highest BCUT2D eigenvalue weighted by Crippen LogP contribution is 2.11. The van der Waals surface area contributed by atoms with Crippen molar-refractivity contribution in [1.82, 2.24) is 10.2 Å². The molecule has 0 aromatic heterocycles. The van der Waals surface area contributed by atoms with Gasteiger partial charge in [0.05, 0.1) is 6.10 Å². The van der Waals surface area contributed by atoms with Crippen molar-refractivity contribution in [2.45, 2.75) is 31.9 Å². The summed E-state index contributed by atoms with van der Waals surface area (Å²) >= 11 is 5.47. The molecule has 6 heteroatoms. The van der Waals surface area contributed by atoms with Crippen molar-refractivity contribution in [3.8, 4) is 0 Å². The zero-order valence-corrected chi connectivity index (χ0v) is 13.5. The number of amides is 1. The minimum absolute atomic E-state index is 0.229. The van der Waals surface area contributed by atoms with E-state index in [2.05, 4.69) is 5.32 Å². The van der Waals surface area contributed by atoms with E-state index in [0.29, 0.717) is 24.7 Å². The molecular formula is C16H23N3O2S. The Morgan fingerprint density at radius 2 is 2.18 bits per heavy atom. The smallest absolute Gasteiger partial charge is 0.219 e. The maximum absolute atomic E-state index is 11.1. The molecule has 1 amide bonds. The zero-order chi connectivity index (χ0) is 15.8. The molecule has 120 valence electrons. The predicted octanol–water partition coefficient (Wildman–Crippen LogP) is 1.42. The molecule has 22 heavy (non-hydrogen) atoms. The Hall–Kier alpha value is -1.66. The average molecular weight is 321 g/mol. The van der Waals surface area contributed by atoms with Crippen LogP contribution in [-0.4, -0.2) is 41.7 Å². The van der Waals surface area contributed by atoms with Gasteiger partial charge in [-0.2, -0.15) is 0 Å². The van der Waals surface area contributed by atoms with E-state index in [1.54, 1.807) is 0 Å². The molecule has 1 aliphatic heterocycles. The second kappa shape index (κ2) is 8.70. The first kappa shape index (κ1) is 16.7. The summed E-state index contributed by atoms with van der Waals surface area (Å²) in [5, 5.41) is 3.89. The van der Waals surface area contributed by atoms with E-state index in [1.165, 1.54) is 0 Å². The van der Waals surface area contributed by atoms with E-state index in [-0.39, 0.29) is 18.4 Å². The van der Waals surface area contributed by atoms with Crippen molar-refractivity contribution in [1.29, 1.82) is 0 Å². The van der Waals surface area contributed by atoms with E-state index in [0.717, 1.165) is 25.0 Å². The van der Waals surface area contributed by atoms with Crippen LogP contribution in [0.2, 0.25) is 0 Å². The molecule has 1 fully saturated rings. The van der Waals surface area contributed by atoms with Crippen molar-refractivity contribution in [2.24, 2.45) is 5.73 Å². The molecule has 0 saturated carbocycles. The molecular weight excluding hydrogens is 298 g/mol. The van der Waals surface area contributed by atoms with Gasteiger partial charge in [-0.15, -0.1) is 0 Å². The van der Waals surface area contributed by atoms with E-state index in [9.17, 15) is 4.79 Å². The van der Waals surface area contributed by atoms with Gasteiger partial charge >= 0.3 is 0 Å². The summed E-state index contributed by atoms with van der Waals surface area (Å²) in [5.74, 6) is -0.319. The van der Waals surface area contributed by atoms with Gasteiger partial charge in [-0.05, 0) is 30.6 Å². The van der Waals surface area contributed by atoms with Crippen molar-refractivity contribution < 1.29 is 9.53 Å². The Bertz CT molecular complexity index is 489. The summed E-state index contributed by atoms with van der Waals surface area (Å²) in [4.78, 5) is 13.0. The molecule has 1 aromatic rings. The van der Waals surface area contributed by atoms with Crippen molar-refractivity contribution >= 4 is 23.2 Å². The standard InChI is InChI=1S/C16H23N3O2S/c17-15(20)8-9-19(12-13-5-2-1-3-6-13)16(22)18-11-14-7-4-10-21-14/h1-3,5-6,14H,4,7-12H2,(H2,17,20)(H,18,22). The number of thiocarbonyl (C=S) groups is 1. The number of hydrogen-bond acceptors (Lipinski definition) is 3. The van der Waals surface area contributed by atoms with Crippen LogP contribution in [0.4, 0.5) is 0 Å². The molecule has 2 rings (SSSR count). The molecule has 0 aliphatic carbocycles. The first-order chi connectivity index (χ1) is 10.6. The monoisotopic (exact) mass is 321 g/mol. The third-order valence-corrected chi connectivity index (χ3v) is 4.04. The summed E-state index contributed by atoms with van der Waals surface area (Å²) < 4.78 is 5.58. The first-order valence-electron chi connectivity index (χ1n) is 7.62. The number of ether oxygens (including phenoxy) is 1. The normalized spacial score (nSPS) is 17.2. The molecule has 5 nitrogen and oxygen atoms in total. The van der Waals surface area contributed by atoms with Crippen molar-refractivity contribution in [2.75, 3.05) is 19.7 Å². The zero-order valence-electron chi connectivity index (χ0n) is 12.7. The number of nitrogens with two attached hydrogens (primary N) is 1. The van der Waals surface area contributed by atoms with Crippen LogP contribution >= 0.6 is 12.2 Å². The highest BCUT2D eigenvalue weighted by Gasteiger charge is 2.17. The van der Waals surface area contributed by atoms with E-state index in [1.807, 2.05) is 35.2 Å². The van der Waals surface area contributed by atoms with Gasteiger partial charge in [0, 0.05) is 32.7 Å². The number of primary amides is 1. The Kier molecular flexibility index (Phi) is 6.61. The summed E-state index contributed by atoms with van der Waals surface area (Å²) in [6.45, 7) is 2.71. The Morgan fingerprint density at radius 3 is 2.82 bits per heavy atom. The van der Waals surface area contributed by atoms with E-state index < -0.39 is 0 Å². The first-order valence-corrected chi connectivity index (χ1v) is 8.02. The lowest BCUT2D eigenvalue weighted by Crippen LogP contribution is -2.43. The molecule has 0 radical (unpaired) electrons. The van der Waals surface area contributed by atoms with Gasteiger partial charge in [0.2, 0.25) is 5.91 Å². The highest BCUT2D eigenvalue weighted by atomic mass is 32.1. The number of nitrogens with one attached hydrogen (secondary N) is 1. The van der Waals surface area contributed by atoms with Gasteiger partial charge in [-0.25, -0.2) is 0 Å². The third-order valence-electron chi connectivity index (χ3n) is 3.64. The fraction of sp³-hybridized carbons (Fsp3) is 0.500. The van der Waals surface area contributed by atoms with E-state index in [4.69, 9.17) is 22.7 Å². The quantitative estimate of drug-likeness (QED) is 0.744. The van der Waals surface area contributed by atoms with Crippen molar-refractivity contribution in [3.05, 3.63) is 35.9 Å². The fourth-order valence-corrected chi connectivity index (χ4v) is 2.66. The van der Waals surface area contributed by atoms with Crippen LogP contribution in [0.1, 0.15) is 24.8 Å². The van der Waals surface area contributed by atoms with Gasteiger partial charge in [0.15, 0.2) is 5.11 Å². The van der Waals surface area contributed by atoms with Crippen LogP contribution in [0.3, 0.4) is 0 Å². The lowest BCUT2D eigenvalue weighted by atomic mass is 10.2. The van der Waals surface area contributed by atoms with Crippen LogP contribution in [0, 0.1) is 0 Å². The fourth-order valence-electron chi connectivity index (χ4n) is 2.42. The molecule has 1 unspecified atom stereocenters. The second-order valence-corrected chi connectivity index (χ2v) is 5.83. The average Bonchev–Trinajstić information content (AvgIpc) is 3.03. The number of hydrogen-bond donors (Lipinski definition) is 2. The van der Waals surface area contributed by atoms with Gasteiger partial charge in [-0.1, -0.05) is 30.3 Å². The van der Waals surface area contributed by atoms with Crippen LogP contribution in [-0.2, 0) is 16.1 Å². The molecule has 1 heterocycles. The van der Waals surface area contributed by atoms with Gasteiger partial charge in [0.1, 0.15) is 0 Å². The number of nitrogens with zero attached hydrogens (tertiary/aromatic N) is 1. The molecule has 1 aliphatic rings. The lowest BCUT2D eigenvalue weighted by molar-refractivity contribution is -0.118. The van der Waals surface area contributed by atoms with Gasteiger partial charge in [0.25, 0.3) is 0 Å². The van der Waals surface area contributed by atoms with Crippen LogP contribution < -0.4 is 11.1 Å². The number of carbonyl (C=O) groups excluding carboxylic acids is 1. The molecule has 1 atom stereocenters. The Labute approximate surface area is 136 Å². The second-order valence-electron chi connectivity index (χ2n) is 5.44. The molecule has 1 saturated heterocycles. The van der Waals surface area contributed by atoms with E-state index >= 15 is 0 Å². The third kappa shape index (κ3) is 5.61. The minimum atomic E-state index is -0.319. The van der Waals surface area contributed by atoms with Gasteiger partial charge in [-0.3, -0.25) is 4.79 Å². The Balaban J connectivity index is 1.89. The van der Waals surface area contributed by atoms with Crippen molar-refractivity contribution in [3.63, 3.8) is 0 Å². The molecule has 3 N–H and O–H groups in total. The maximum atomic E-state index is 11.1. The topological polar surface area (TPSA) is 67.6 Å². The Morgan fingerprint density at radius 1 is 1.41 bits per heavy atom. The highest BCUT2D eigenvalue weighted by molar-refractivity contribution is 7.80. The molecule has 1 aromatic carbocycles. The SMILES string of the molecule is NC(=O)CCN(Cc1ccccc1)C(=S)NCC1CCCO1. The summed E-state index contributed by atoms with van der Waals surface area (Å²) in [6, 6.07) is 10.0. The largest absolute Gasteiger partial charge is 0.376 e.